The minimum absolute atomic E-state index is 0.439. The van der Waals surface area contributed by atoms with Crippen LogP contribution in [0.15, 0.2) is 18.2 Å². The molecule has 2 aromatic rings. The van der Waals surface area contributed by atoms with Crippen LogP contribution in [0.25, 0.3) is 11.0 Å². The van der Waals surface area contributed by atoms with Gasteiger partial charge in [0.2, 0.25) is 0 Å². The van der Waals surface area contributed by atoms with Gasteiger partial charge in [0.05, 0.1) is 11.0 Å². The number of hydrogen-bond donors (Lipinski definition) is 2. The highest BCUT2D eigenvalue weighted by molar-refractivity contribution is 5.76. The maximum absolute atomic E-state index is 5.71. The van der Waals surface area contributed by atoms with Crippen molar-refractivity contribution >= 4 is 11.0 Å². The van der Waals surface area contributed by atoms with Crippen LogP contribution in [0.5, 0.6) is 0 Å². The number of imidazole rings is 1. The Kier molecular flexibility index (Phi) is 3.78. The predicted octanol–water partition coefficient (Wildman–Crippen LogP) is 4.34. The first-order valence-corrected chi connectivity index (χ1v) is 8.16. The molecule has 1 aliphatic rings. The van der Waals surface area contributed by atoms with E-state index in [1.807, 2.05) is 0 Å². The lowest BCUT2D eigenvalue weighted by atomic mass is 9.70. The van der Waals surface area contributed by atoms with Gasteiger partial charge in [-0.15, -0.1) is 0 Å². The molecule has 0 bridgehead atoms. The maximum Gasteiger partial charge on any atom is 0.110 e. The van der Waals surface area contributed by atoms with E-state index in [-0.39, 0.29) is 0 Å². The zero-order valence-electron chi connectivity index (χ0n) is 13.4. The van der Waals surface area contributed by atoms with Gasteiger partial charge >= 0.3 is 0 Å². The molecule has 21 heavy (non-hydrogen) atoms. The Morgan fingerprint density at radius 3 is 2.52 bits per heavy atom. The van der Waals surface area contributed by atoms with Gasteiger partial charge in [-0.05, 0) is 54.7 Å². The van der Waals surface area contributed by atoms with Crippen LogP contribution in [-0.4, -0.2) is 9.97 Å². The van der Waals surface area contributed by atoms with Crippen molar-refractivity contribution in [3.05, 3.63) is 29.6 Å². The summed E-state index contributed by atoms with van der Waals surface area (Å²) in [6, 6.07) is 6.29. The van der Waals surface area contributed by atoms with Gasteiger partial charge in [-0.25, -0.2) is 4.98 Å². The van der Waals surface area contributed by atoms with Gasteiger partial charge in [0.1, 0.15) is 5.82 Å². The molecular weight excluding hydrogens is 258 g/mol. The molecule has 3 nitrogen and oxygen atoms in total. The van der Waals surface area contributed by atoms with Gasteiger partial charge in [0.15, 0.2) is 0 Å². The number of benzene rings is 1. The molecule has 0 aliphatic heterocycles. The van der Waals surface area contributed by atoms with E-state index in [0.717, 1.165) is 22.5 Å². The van der Waals surface area contributed by atoms with Crippen LogP contribution in [0.1, 0.15) is 63.8 Å². The second-order valence-corrected chi connectivity index (χ2v) is 7.59. The molecule has 0 atom stereocenters. The van der Waals surface area contributed by atoms with Gasteiger partial charge in [-0.1, -0.05) is 26.8 Å². The van der Waals surface area contributed by atoms with Gasteiger partial charge in [0, 0.05) is 12.5 Å². The van der Waals surface area contributed by atoms with Gasteiger partial charge in [-0.2, -0.15) is 0 Å². The maximum atomic E-state index is 5.71. The van der Waals surface area contributed by atoms with Crippen LogP contribution < -0.4 is 5.73 Å². The van der Waals surface area contributed by atoms with E-state index in [9.17, 15) is 0 Å². The number of nitrogens with one attached hydrogen (secondary N) is 1. The average Bonchev–Trinajstić information content (AvgIpc) is 2.89. The van der Waals surface area contributed by atoms with Crippen molar-refractivity contribution < 1.29 is 0 Å². The van der Waals surface area contributed by atoms with E-state index < -0.39 is 0 Å². The highest BCUT2D eigenvalue weighted by atomic mass is 14.9. The Bertz CT molecular complexity index is 613. The molecule has 3 rings (SSSR count). The number of nitrogens with zero attached hydrogens (tertiary/aromatic N) is 1. The first-order valence-electron chi connectivity index (χ1n) is 8.16. The predicted molar refractivity (Wildman–Crippen MR) is 88.1 cm³/mol. The Morgan fingerprint density at radius 2 is 1.90 bits per heavy atom. The van der Waals surface area contributed by atoms with E-state index >= 15 is 0 Å². The molecular formula is C18H27N3. The molecule has 3 N–H and O–H groups in total. The lowest BCUT2D eigenvalue weighted by Gasteiger charge is -2.36. The number of fused-ring (bicyclic) bond motifs is 1. The van der Waals surface area contributed by atoms with Crippen LogP contribution in [0, 0.1) is 11.3 Å². The number of H-pyrrole nitrogens is 1. The van der Waals surface area contributed by atoms with Crippen molar-refractivity contribution in [3.8, 4) is 0 Å². The van der Waals surface area contributed by atoms with Gasteiger partial charge in [0.25, 0.3) is 0 Å². The normalized spacial score (nSPS) is 23.6. The Morgan fingerprint density at radius 1 is 1.19 bits per heavy atom. The van der Waals surface area contributed by atoms with Crippen LogP contribution >= 0.6 is 0 Å². The Hall–Kier alpha value is -1.35. The fraction of sp³-hybridized carbons (Fsp3) is 0.611. The Labute approximate surface area is 127 Å². The van der Waals surface area contributed by atoms with Crippen molar-refractivity contribution in [1.82, 2.24) is 9.97 Å². The van der Waals surface area contributed by atoms with Crippen molar-refractivity contribution in [2.45, 2.75) is 58.9 Å². The van der Waals surface area contributed by atoms with E-state index in [4.69, 9.17) is 10.7 Å². The van der Waals surface area contributed by atoms with Crippen LogP contribution in [0.4, 0.5) is 0 Å². The van der Waals surface area contributed by atoms with E-state index in [1.165, 1.54) is 31.5 Å². The molecule has 1 aromatic heterocycles. The fourth-order valence-electron chi connectivity index (χ4n) is 3.63. The minimum Gasteiger partial charge on any atom is -0.342 e. The summed E-state index contributed by atoms with van der Waals surface area (Å²) in [6.45, 7) is 7.69. The number of hydrogen-bond acceptors (Lipinski definition) is 2. The summed E-state index contributed by atoms with van der Waals surface area (Å²) in [5, 5.41) is 0. The molecule has 1 saturated carbocycles. The molecule has 1 heterocycles. The van der Waals surface area contributed by atoms with Crippen LogP contribution in [-0.2, 0) is 6.54 Å². The summed E-state index contributed by atoms with van der Waals surface area (Å²) < 4.78 is 0. The van der Waals surface area contributed by atoms with Gasteiger partial charge in [-0.3, -0.25) is 0 Å². The van der Waals surface area contributed by atoms with Crippen LogP contribution in [0.3, 0.4) is 0 Å². The molecule has 0 saturated heterocycles. The minimum atomic E-state index is 0.439. The monoisotopic (exact) mass is 285 g/mol. The number of rotatable bonds is 2. The lowest BCUT2D eigenvalue weighted by molar-refractivity contribution is 0.167. The van der Waals surface area contributed by atoms with E-state index in [2.05, 4.69) is 44.0 Å². The second-order valence-electron chi connectivity index (χ2n) is 7.59. The van der Waals surface area contributed by atoms with Crippen molar-refractivity contribution in [2.24, 2.45) is 17.1 Å². The Balaban J connectivity index is 1.76. The highest BCUT2D eigenvalue weighted by Gasteiger charge is 2.31. The van der Waals surface area contributed by atoms with Gasteiger partial charge < -0.3 is 10.7 Å². The first-order chi connectivity index (χ1) is 9.97. The van der Waals surface area contributed by atoms with Crippen LogP contribution in [0.2, 0.25) is 0 Å². The van der Waals surface area contributed by atoms with E-state index in [0.29, 0.717) is 17.9 Å². The van der Waals surface area contributed by atoms with E-state index in [1.54, 1.807) is 0 Å². The third kappa shape index (κ3) is 2.98. The summed E-state index contributed by atoms with van der Waals surface area (Å²) in [7, 11) is 0. The third-order valence-corrected chi connectivity index (χ3v) is 5.14. The third-order valence-electron chi connectivity index (χ3n) is 5.14. The molecule has 1 fully saturated rings. The molecule has 1 aromatic carbocycles. The average molecular weight is 285 g/mol. The summed E-state index contributed by atoms with van der Waals surface area (Å²) in [5.41, 5.74) is 9.51. The quantitative estimate of drug-likeness (QED) is 0.862. The summed E-state index contributed by atoms with van der Waals surface area (Å²) in [6.07, 6.45) is 5.15. The molecule has 0 amide bonds. The molecule has 0 unspecified atom stereocenters. The SMILES string of the molecule is CC(C)(C)C1CCC(c2nc3ccc(CN)cc3[nH]2)CC1. The topological polar surface area (TPSA) is 54.7 Å². The zero-order chi connectivity index (χ0) is 15.0. The number of nitrogens with two attached hydrogens (primary N) is 1. The van der Waals surface area contributed by atoms with Crippen molar-refractivity contribution in [3.63, 3.8) is 0 Å². The molecule has 0 spiro atoms. The number of aromatic nitrogens is 2. The number of aromatic amines is 1. The molecule has 3 heteroatoms. The largest absolute Gasteiger partial charge is 0.342 e. The van der Waals surface area contributed by atoms with Crippen molar-refractivity contribution in [1.29, 1.82) is 0 Å². The molecule has 1 aliphatic carbocycles. The summed E-state index contributed by atoms with van der Waals surface area (Å²) in [4.78, 5) is 8.33. The summed E-state index contributed by atoms with van der Waals surface area (Å²) >= 11 is 0. The standard InChI is InChI=1S/C18H27N3/c1-18(2,3)14-7-5-13(6-8-14)17-20-15-9-4-12(11-19)10-16(15)21-17/h4,9-10,13-14H,5-8,11,19H2,1-3H3,(H,20,21). The summed E-state index contributed by atoms with van der Waals surface area (Å²) in [5.74, 6) is 2.62. The molecule has 0 radical (unpaired) electrons. The van der Waals surface area contributed by atoms with Crippen molar-refractivity contribution in [2.75, 3.05) is 0 Å². The fourth-order valence-corrected chi connectivity index (χ4v) is 3.63. The first kappa shape index (κ1) is 14.6. The highest BCUT2D eigenvalue weighted by Crippen LogP contribution is 2.42. The lowest BCUT2D eigenvalue weighted by Crippen LogP contribution is -2.25. The smallest absolute Gasteiger partial charge is 0.110 e. The molecule has 114 valence electrons. The second kappa shape index (κ2) is 5.45. The zero-order valence-corrected chi connectivity index (χ0v) is 13.4.